The zero-order valence-corrected chi connectivity index (χ0v) is 18.1. The van der Waals surface area contributed by atoms with E-state index in [1.54, 1.807) is 7.11 Å². The predicted molar refractivity (Wildman–Crippen MR) is 117 cm³/mol. The molecule has 1 aromatic carbocycles. The zero-order chi connectivity index (χ0) is 17.4. The van der Waals surface area contributed by atoms with E-state index < -0.39 is 0 Å². The minimum Gasteiger partial charge on any atom is -0.495 e. The van der Waals surface area contributed by atoms with Crippen molar-refractivity contribution in [2.75, 3.05) is 59.3 Å². The highest BCUT2D eigenvalue weighted by Gasteiger charge is 2.25. The van der Waals surface area contributed by atoms with Crippen LogP contribution in [0.25, 0.3) is 0 Å². The zero-order valence-electron chi connectivity index (χ0n) is 15.8. The summed E-state index contributed by atoms with van der Waals surface area (Å²) in [6.07, 6.45) is 2.20. The Morgan fingerprint density at radius 3 is 2.80 bits per heavy atom. The summed E-state index contributed by atoms with van der Waals surface area (Å²) in [4.78, 5) is 8.90. The number of nitrogens with zero attached hydrogens (tertiary/aromatic N) is 3. The van der Waals surface area contributed by atoms with Gasteiger partial charge in [0.15, 0.2) is 5.96 Å². The maximum Gasteiger partial charge on any atom is 0.191 e. The summed E-state index contributed by atoms with van der Waals surface area (Å²) in [5.74, 6) is 1.82. The molecule has 25 heavy (non-hydrogen) atoms. The normalized spacial score (nSPS) is 17.4. The molecular weight excluding hydrogens is 429 g/mol. The maximum atomic E-state index is 5.48. The first kappa shape index (κ1) is 21.8. The van der Waals surface area contributed by atoms with Crippen LogP contribution >= 0.6 is 24.0 Å². The van der Waals surface area contributed by atoms with Gasteiger partial charge in [-0.2, -0.15) is 0 Å². The summed E-state index contributed by atoms with van der Waals surface area (Å²) in [6.45, 7) is 3.99. The first-order valence-corrected chi connectivity index (χ1v) is 8.64. The van der Waals surface area contributed by atoms with Crippen molar-refractivity contribution in [1.29, 1.82) is 0 Å². The highest BCUT2D eigenvalue weighted by atomic mass is 127. The van der Waals surface area contributed by atoms with Gasteiger partial charge in [-0.25, -0.2) is 0 Å². The van der Waals surface area contributed by atoms with Gasteiger partial charge in [0.1, 0.15) is 5.75 Å². The smallest absolute Gasteiger partial charge is 0.191 e. The molecule has 1 aliphatic rings. The number of benzene rings is 1. The minimum absolute atomic E-state index is 0. The van der Waals surface area contributed by atoms with Crippen LogP contribution in [0.1, 0.15) is 12.8 Å². The molecule has 1 heterocycles. The summed E-state index contributed by atoms with van der Waals surface area (Å²) in [7, 11) is 7.74. The van der Waals surface area contributed by atoms with Crippen molar-refractivity contribution in [3.63, 3.8) is 0 Å². The Labute approximate surface area is 169 Å². The number of halogens is 1. The molecule has 1 fully saturated rings. The summed E-state index contributed by atoms with van der Waals surface area (Å²) in [5.41, 5.74) is 1.17. The van der Waals surface area contributed by atoms with Crippen LogP contribution in [-0.2, 0) is 0 Å². The number of para-hydroxylation sites is 2. The lowest BCUT2D eigenvalue weighted by Crippen LogP contribution is -2.45. The SMILES string of the molecule is CN=C(NCCCN(C)C)NC1CCN(c2ccccc2OC)C1.I. The number of anilines is 1. The number of methoxy groups -OCH3 is 1. The number of guanidine groups is 1. The van der Waals surface area contributed by atoms with Crippen molar-refractivity contribution >= 4 is 35.6 Å². The quantitative estimate of drug-likeness (QED) is 0.282. The maximum absolute atomic E-state index is 5.48. The molecule has 0 amide bonds. The van der Waals surface area contributed by atoms with Gasteiger partial charge in [-0.3, -0.25) is 4.99 Å². The van der Waals surface area contributed by atoms with Crippen LogP contribution in [0.3, 0.4) is 0 Å². The van der Waals surface area contributed by atoms with Gasteiger partial charge in [-0.05, 0) is 45.6 Å². The standard InChI is InChI=1S/C18H31N5O.HI/c1-19-18(20-11-7-12-22(2)3)21-15-10-13-23(14-15)16-8-5-6-9-17(16)24-4;/h5-6,8-9,15H,7,10-14H2,1-4H3,(H2,19,20,21);1H. The number of hydrogen-bond acceptors (Lipinski definition) is 4. The summed E-state index contributed by atoms with van der Waals surface area (Å²) < 4.78 is 5.48. The number of rotatable bonds is 7. The van der Waals surface area contributed by atoms with Crippen molar-refractivity contribution in [2.45, 2.75) is 18.9 Å². The second kappa shape index (κ2) is 11.4. The summed E-state index contributed by atoms with van der Waals surface area (Å²) >= 11 is 0. The van der Waals surface area contributed by atoms with E-state index in [1.807, 2.05) is 19.2 Å². The van der Waals surface area contributed by atoms with Crippen LogP contribution < -0.4 is 20.3 Å². The number of ether oxygens (including phenoxy) is 1. The number of aliphatic imine (C=N–C) groups is 1. The van der Waals surface area contributed by atoms with Crippen molar-refractivity contribution in [3.8, 4) is 5.75 Å². The van der Waals surface area contributed by atoms with Crippen molar-refractivity contribution in [2.24, 2.45) is 4.99 Å². The van der Waals surface area contributed by atoms with Crippen LogP contribution in [0.4, 0.5) is 5.69 Å². The Morgan fingerprint density at radius 1 is 1.36 bits per heavy atom. The van der Waals surface area contributed by atoms with Gasteiger partial charge >= 0.3 is 0 Å². The second-order valence-electron chi connectivity index (χ2n) is 6.40. The van der Waals surface area contributed by atoms with Crippen LogP contribution in [0.15, 0.2) is 29.3 Å². The van der Waals surface area contributed by atoms with E-state index in [0.29, 0.717) is 6.04 Å². The fourth-order valence-electron chi connectivity index (χ4n) is 2.98. The highest BCUT2D eigenvalue weighted by Crippen LogP contribution is 2.30. The Balaban J connectivity index is 0.00000312. The molecule has 6 nitrogen and oxygen atoms in total. The largest absolute Gasteiger partial charge is 0.495 e. The van der Waals surface area contributed by atoms with Gasteiger partial charge in [-0.15, -0.1) is 24.0 Å². The van der Waals surface area contributed by atoms with Crippen molar-refractivity contribution < 1.29 is 4.74 Å². The van der Waals surface area contributed by atoms with E-state index in [4.69, 9.17) is 4.74 Å². The monoisotopic (exact) mass is 461 g/mol. The van der Waals surface area contributed by atoms with Crippen molar-refractivity contribution in [3.05, 3.63) is 24.3 Å². The van der Waals surface area contributed by atoms with Crippen LogP contribution in [0, 0.1) is 0 Å². The topological polar surface area (TPSA) is 52.1 Å². The average Bonchev–Trinajstić information content (AvgIpc) is 3.05. The molecule has 1 saturated heterocycles. The molecule has 2 N–H and O–H groups in total. The molecular formula is C18H32IN5O. The molecule has 0 bridgehead atoms. The molecule has 0 radical (unpaired) electrons. The molecule has 0 aromatic heterocycles. The second-order valence-corrected chi connectivity index (χ2v) is 6.40. The van der Waals surface area contributed by atoms with Crippen LogP contribution in [0.2, 0.25) is 0 Å². The van der Waals surface area contributed by atoms with E-state index in [0.717, 1.165) is 50.7 Å². The van der Waals surface area contributed by atoms with E-state index in [2.05, 4.69) is 51.7 Å². The van der Waals surface area contributed by atoms with Crippen LogP contribution in [0.5, 0.6) is 5.75 Å². The Kier molecular flexibility index (Phi) is 9.96. The molecule has 7 heteroatoms. The Morgan fingerprint density at radius 2 is 2.12 bits per heavy atom. The molecule has 1 aromatic rings. The van der Waals surface area contributed by atoms with E-state index in [-0.39, 0.29) is 24.0 Å². The first-order chi connectivity index (χ1) is 11.6. The number of hydrogen-bond donors (Lipinski definition) is 2. The van der Waals surface area contributed by atoms with Gasteiger partial charge in [0.05, 0.1) is 12.8 Å². The molecule has 1 atom stereocenters. The van der Waals surface area contributed by atoms with Gasteiger partial charge in [0, 0.05) is 32.7 Å². The fraction of sp³-hybridized carbons (Fsp3) is 0.611. The third-order valence-corrected chi connectivity index (χ3v) is 4.25. The third kappa shape index (κ3) is 6.89. The Hall–Kier alpha value is -1.22. The summed E-state index contributed by atoms with van der Waals surface area (Å²) in [5, 5.41) is 6.93. The molecule has 0 saturated carbocycles. The molecule has 142 valence electrons. The molecule has 1 aliphatic heterocycles. The lowest BCUT2D eigenvalue weighted by atomic mass is 10.2. The van der Waals surface area contributed by atoms with Gasteiger partial charge in [0.25, 0.3) is 0 Å². The first-order valence-electron chi connectivity index (χ1n) is 8.64. The fourth-order valence-corrected chi connectivity index (χ4v) is 2.98. The highest BCUT2D eigenvalue weighted by molar-refractivity contribution is 14.0. The summed E-state index contributed by atoms with van der Waals surface area (Å²) in [6, 6.07) is 8.60. The van der Waals surface area contributed by atoms with E-state index in [9.17, 15) is 0 Å². The van der Waals surface area contributed by atoms with Gasteiger partial charge in [-0.1, -0.05) is 12.1 Å². The molecule has 2 rings (SSSR count). The third-order valence-electron chi connectivity index (χ3n) is 4.25. The molecule has 1 unspecified atom stereocenters. The number of nitrogens with one attached hydrogen (secondary N) is 2. The van der Waals surface area contributed by atoms with Gasteiger partial charge < -0.3 is 25.2 Å². The molecule has 0 spiro atoms. The predicted octanol–water partition coefficient (Wildman–Crippen LogP) is 2.01. The van der Waals surface area contributed by atoms with E-state index >= 15 is 0 Å². The lowest BCUT2D eigenvalue weighted by molar-refractivity contribution is 0.399. The van der Waals surface area contributed by atoms with Crippen LogP contribution in [-0.4, -0.2) is 71.3 Å². The minimum atomic E-state index is 0. The lowest BCUT2D eigenvalue weighted by Gasteiger charge is -2.22. The molecule has 0 aliphatic carbocycles. The average molecular weight is 461 g/mol. The van der Waals surface area contributed by atoms with Crippen molar-refractivity contribution in [1.82, 2.24) is 15.5 Å². The Bertz CT molecular complexity index is 538. The van der Waals surface area contributed by atoms with Gasteiger partial charge in [0.2, 0.25) is 0 Å². The van der Waals surface area contributed by atoms with E-state index in [1.165, 1.54) is 5.69 Å².